The fourth-order valence-corrected chi connectivity index (χ4v) is 3.29. The predicted molar refractivity (Wildman–Crippen MR) is 111 cm³/mol. The summed E-state index contributed by atoms with van der Waals surface area (Å²) in [5, 5.41) is 9.05. The minimum absolute atomic E-state index is 0.708. The maximum atomic E-state index is 6.45. The van der Waals surface area contributed by atoms with E-state index in [1.165, 1.54) is 5.56 Å². The molecule has 0 saturated carbocycles. The Balaban J connectivity index is 1.64. The Morgan fingerprint density at radius 2 is 1.44 bits per heavy atom. The molecule has 3 aromatic carbocycles. The standard InChI is InChI=1S/C23H20ClN3/c24-22-14-8-7-13-21(22)23-19(16-25-15-18-9-3-1-4-10-18)17-27(26-23)20-11-5-2-6-12-20/h1-14,17,25H,15-16H2. The van der Waals surface area contributed by atoms with Gasteiger partial charge in [-0.3, -0.25) is 0 Å². The maximum Gasteiger partial charge on any atom is 0.0987 e. The van der Waals surface area contributed by atoms with Crippen molar-refractivity contribution in [3.63, 3.8) is 0 Å². The normalized spacial score (nSPS) is 10.9. The monoisotopic (exact) mass is 373 g/mol. The van der Waals surface area contributed by atoms with Crippen LogP contribution in [0.15, 0.2) is 91.1 Å². The average molecular weight is 374 g/mol. The van der Waals surface area contributed by atoms with Gasteiger partial charge in [0.1, 0.15) is 0 Å². The van der Waals surface area contributed by atoms with E-state index in [9.17, 15) is 0 Å². The Morgan fingerprint density at radius 3 is 2.19 bits per heavy atom. The molecule has 4 heteroatoms. The summed E-state index contributed by atoms with van der Waals surface area (Å²) in [4.78, 5) is 0. The number of halogens is 1. The van der Waals surface area contributed by atoms with Gasteiger partial charge in [0.2, 0.25) is 0 Å². The number of nitrogens with zero attached hydrogens (tertiary/aromatic N) is 2. The van der Waals surface area contributed by atoms with Gasteiger partial charge in [-0.1, -0.05) is 78.3 Å². The molecule has 0 atom stereocenters. The van der Waals surface area contributed by atoms with Crippen LogP contribution < -0.4 is 5.32 Å². The highest BCUT2D eigenvalue weighted by molar-refractivity contribution is 6.33. The van der Waals surface area contributed by atoms with E-state index < -0.39 is 0 Å². The predicted octanol–water partition coefficient (Wildman–Crippen LogP) is 5.48. The Bertz CT molecular complexity index is 1010. The van der Waals surface area contributed by atoms with Crippen molar-refractivity contribution in [3.8, 4) is 16.9 Å². The van der Waals surface area contributed by atoms with Crippen LogP contribution in [0, 0.1) is 0 Å². The van der Waals surface area contributed by atoms with E-state index in [2.05, 4.69) is 35.8 Å². The number of hydrogen-bond acceptors (Lipinski definition) is 2. The zero-order valence-electron chi connectivity index (χ0n) is 14.8. The van der Waals surface area contributed by atoms with Crippen molar-refractivity contribution in [1.82, 2.24) is 15.1 Å². The van der Waals surface area contributed by atoms with Crippen molar-refractivity contribution in [2.75, 3.05) is 0 Å². The Labute approximate surface area is 164 Å². The van der Waals surface area contributed by atoms with Crippen molar-refractivity contribution in [3.05, 3.63) is 107 Å². The van der Waals surface area contributed by atoms with E-state index in [0.29, 0.717) is 11.6 Å². The molecule has 0 aliphatic carbocycles. The summed E-state index contributed by atoms with van der Waals surface area (Å²) in [6.45, 7) is 1.52. The summed E-state index contributed by atoms with van der Waals surface area (Å²) in [6, 6.07) is 28.4. The number of rotatable bonds is 6. The molecule has 0 unspecified atom stereocenters. The SMILES string of the molecule is Clc1ccccc1-c1nn(-c2ccccc2)cc1CNCc1ccccc1. The minimum Gasteiger partial charge on any atom is -0.308 e. The van der Waals surface area contributed by atoms with Crippen LogP contribution in [0.4, 0.5) is 0 Å². The van der Waals surface area contributed by atoms with Crippen LogP contribution in [0.3, 0.4) is 0 Å². The van der Waals surface area contributed by atoms with E-state index >= 15 is 0 Å². The minimum atomic E-state index is 0.708. The molecule has 0 saturated heterocycles. The highest BCUT2D eigenvalue weighted by Gasteiger charge is 2.14. The highest BCUT2D eigenvalue weighted by atomic mass is 35.5. The lowest BCUT2D eigenvalue weighted by Crippen LogP contribution is -2.12. The van der Waals surface area contributed by atoms with E-state index in [1.807, 2.05) is 65.3 Å². The molecule has 134 valence electrons. The molecule has 0 spiro atoms. The van der Waals surface area contributed by atoms with Gasteiger partial charge in [0.15, 0.2) is 0 Å². The van der Waals surface area contributed by atoms with Gasteiger partial charge >= 0.3 is 0 Å². The first-order valence-electron chi connectivity index (χ1n) is 8.95. The highest BCUT2D eigenvalue weighted by Crippen LogP contribution is 2.30. The van der Waals surface area contributed by atoms with Crippen molar-refractivity contribution in [2.45, 2.75) is 13.1 Å². The van der Waals surface area contributed by atoms with Gasteiger partial charge in [-0.15, -0.1) is 0 Å². The fourth-order valence-electron chi connectivity index (χ4n) is 3.07. The molecule has 0 bridgehead atoms. The second-order valence-electron chi connectivity index (χ2n) is 6.35. The van der Waals surface area contributed by atoms with Crippen LogP contribution in [0.5, 0.6) is 0 Å². The van der Waals surface area contributed by atoms with Gasteiger partial charge in [0.25, 0.3) is 0 Å². The van der Waals surface area contributed by atoms with Crippen LogP contribution in [0.25, 0.3) is 16.9 Å². The molecule has 27 heavy (non-hydrogen) atoms. The van der Waals surface area contributed by atoms with Crippen LogP contribution in [-0.4, -0.2) is 9.78 Å². The molecule has 0 amide bonds. The van der Waals surface area contributed by atoms with Gasteiger partial charge in [0.05, 0.1) is 16.4 Å². The molecule has 3 nitrogen and oxygen atoms in total. The molecule has 1 heterocycles. The summed E-state index contributed by atoms with van der Waals surface area (Å²) in [7, 11) is 0. The smallest absolute Gasteiger partial charge is 0.0987 e. The Hall–Kier alpha value is -2.88. The van der Waals surface area contributed by atoms with Crippen molar-refractivity contribution in [2.24, 2.45) is 0 Å². The summed E-state index contributed by atoms with van der Waals surface area (Å²) in [5.41, 5.74) is 5.26. The third-order valence-corrected chi connectivity index (χ3v) is 4.76. The quantitative estimate of drug-likeness (QED) is 0.484. The number of benzene rings is 3. The number of para-hydroxylation sites is 1. The fraction of sp³-hybridized carbons (Fsp3) is 0.0870. The third kappa shape index (κ3) is 4.11. The molecule has 4 aromatic rings. The van der Waals surface area contributed by atoms with E-state index in [1.54, 1.807) is 0 Å². The first kappa shape index (κ1) is 17.5. The lowest BCUT2D eigenvalue weighted by atomic mass is 10.1. The van der Waals surface area contributed by atoms with Crippen LogP contribution in [0.1, 0.15) is 11.1 Å². The van der Waals surface area contributed by atoms with Crippen molar-refractivity contribution in [1.29, 1.82) is 0 Å². The van der Waals surface area contributed by atoms with E-state index in [-0.39, 0.29) is 0 Å². The van der Waals surface area contributed by atoms with E-state index in [4.69, 9.17) is 16.7 Å². The summed E-state index contributed by atoms with van der Waals surface area (Å²) in [6.07, 6.45) is 2.08. The Morgan fingerprint density at radius 1 is 0.778 bits per heavy atom. The van der Waals surface area contributed by atoms with E-state index in [0.717, 1.165) is 29.1 Å². The molecule has 0 fully saturated rings. The molecule has 1 aromatic heterocycles. The van der Waals surface area contributed by atoms with Gasteiger partial charge < -0.3 is 5.32 Å². The lowest BCUT2D eigenvalue weighted by molar-refractivity contribution is 0.694. The van der Waals surface area contributed by atoms with Gasteiger partial charge in [-0.25, -0.2) is 4.68 Å². The van der Waals surface area contributed by atoms with Crippen molar-refractivity contribution < 1.29 is 0 Å². The molecular formula is C23H20ClN3. The van der Waals surface area contributed by atoms with Gasteiger partial charge in [0, 0.05) is 30.4 Å². The first-order valence-corrected chi connectivity index (χ1v) is 9.32. The number of aromatic nitrogens is 2. The molecule has 0 aliphatic heterocycles. The zero-order valence-corrected chi connectivity index (χ0v) is 15.6. The lowest BCUT2D eigenvalue weighted by Gasteiger charge is -2.06. The summed E-state index contributed by atoms with van der Waals surface area (Å²) < 4.78 is 1.91. The van der Waals surface area contributed by atoms with Gasteiger partial charge in [-0.2, -0.15) is 5.10 Å². The topological polar surface area (TPSA) is 29.9 Å². The second-order valence-corrected chi connectivity index (χ2v) is 6.76. The zero-order chi connectivity index (χ0) is 18.5. The average Bonchev–Trinajstić information content (AvgIpc) is 3.14. The first-order chi connectivity index (χ1) is 13.3. The van der Waals surface area contributed by atoms with Crippen LogP contribution in [0.2, 0.25) is 5.02 Å². The molecule has 1 N–H and O–H groups in total. The number of hydrogen-bond donors (Lipinski definition) is 1. The molecular weight excluding hydrogens is 354 g/mol. The molecule has 0 aliphatic rings. The van der Waals surface area contributed by atoms with Gasteiger partial charge in [-0.05, 0) is 23.8 Å². The second kappa shape index (κ2) is 8.21. The molecule has 0 radical (unpaired) electrons. The summed E-state index contributed by atoms with van der Waals surface area (Å²) in [5.74, 6) is 0. The largest absolute Gasteiger partial charge is 0.308 e. The van der Waals surface area contributed by atoms with Crippen molar-refractivity contribution >= 4 is 11.6 Å². The molecule has 4 rings (SSSR count). The third-order valence-electron chi connectivity index (χ3n) is 4.43. The summed E-state index contributed by atoms with van der Waals surface area (Å²) >= 11 is 6.45. The Kier molecular flexibility index (Phi) is 5.33. The maximum absolute atomic E-state index is 6.45. The van der Waals surface area contributed by atoms with Crippen LogP contribution >= 0.6 is 11.6 Å². The number of nitrogens with one attached hydrogen (secondary N) is 1. The van der Waals surface area contributed by atoms with Crippen LogP contribution in [-0.2, 0) is 13.1 Å².